The largest absolute Gasteiger partial charge is 0.378 e. The Morgan fingerprint density at radius 2 is 1.57 bits per heavy atom. The molecule has 0 saturated carbocycles. The molecule has 2 rings (SSSR count). The number of nitrogens with zero attached hydrogens (tertiary/aromatic N) is 2. The number of nitro benzene ring substituents is 1. The van der Waals surface area contributed by atoms with E-state index in [2.05, 4.69) is 10.6 Å². The maximum atomic E-state index is 12.0. The quantitative estimate of drug-likeness (QED) is 0.128. The summed E-state index contributed by atoms with van der Waals surface area (Å²) in [5.41, 5.74) is 0.500. The van der Waals surface area contributed by atoms with Crippen LogP contribution in [0.5, 0.6) is 0 Å². The first-order valence-corrected chi connectivity index (χ1v) is 12.6. The molecule has 12 nitrogen and oxygen atoms in total. The molecule has 0 aliphatic carbocycles. The lowest BCUT2D eigenvalue weighted by molar-refractivity contribution is -0.384. The van der Waals surface area contributed by atoms with Gasteiger partial charge in [0.25, 0.3) is 17.5 Å². The third kappa shape index (κ3) is 11.6. The smallest absolute Gasteiger partial charge is 0.333 e. The Hall–Kier alpha value is -3.83. The summed E-state index contributed by atoms with van der Waals surface area (Å²) in [5, 5.41) is 17.1. The third-order valence-electron chi connectivity index (χ3n) is 5.73. The van der Waals surface area contributed by atoms with Gasteiger partial charge < -0.3 is 15.5 Å². The van der Waals surface area contributed by atoms with Gasteiger partial charge in [0.2, 0.25) is 5.91 Å². The van der Waals surface area contributed by atoms with E-state index in [0.29, 0.717) is 49.4 Å². The van der Waals surface area contributed by atoms with Crippen LogP contribution in [0.1, 0.15) is 77.0 Å². The fourth-order valence-electron chi connectivity index (χ4n) is 3.67. The molecule has 1 aromatic carbocycles. The van der Waals surface area contributed by atoms with Gasteiger partial charge in [0.15, 0.2) is 5.78 Å². The molecule has 1 aliphatic heterocycles. The number of benzene rings is 1. The summed E-state index contributed by atoms with van der Waals surface area (Å²) in [7, 11) is 0. The normalized spacial score (nSPS) is 12.9. The lowest BCUT2D eigenvalue weighted by Gasteiger charge is -2.12. The van der Waals surface area contributed by atoms with Crippen molar-refractivity contribution in [3.05, 3.63) is 34.4 Å². The minimum absolute atomic E-state index is 0.0236. The van der Waals surface area contributed by atoms with Gasteiger partial charge >= 0.3 is 5.97 Å². The molecular weight excluding hydrogens is 484 g/mol. The van der Waals surface area contributed by atoms with Gasteiger partial charge in [-0.1, -0.05) is 25.3 Å². The molecule has 0 atom stereocenters. The highest BCUT2D eigenvalue weighted by atomic mass is 16.7. The van der Waals surface area contributed by atoms with E-state index < -0.39 is 22.7 Å². The van der Waals surface area contributed by atoms with Crippen LogP contribution in [0.3, 0.4) is 0 Å². The average Bonchev–Trinajstić information content (AvgIpc) is 3.19. The predicted molar refractivity (Wildman–Crippen MR) is 133 cm³/mol. The molecule has 0 unspecified atom stereocenters. The van der Waals surface area contributed by atoms with E-state index in [1.54, 1.807) is 12.1 Å². The molecule has 0 spiro atoms. The number of anilines is 1. The zero-order valence-electron chi connectivity index (χ0n) is 20.9. The van der Waals surface area contributed by atoms with Crippen LogP contribution in [0.25, 0.3) is 0 Å². The Bertz CT molecular complexity index is 965. The SMILES string of the molecule is O=C(CCCCCCC(=O)NCCCCCC(=O)ON1C(=O)CCC1=O)CNc1cccc([N+](=O)[O-])c1. The highest BCUT2D eigenvalue weighted by molar-refractivity contribution is 6.01. The molecule has 1 aromatic rings. The molecule has 1 heterocycles. The number of hydrogen-bond acceptors (Lipinski definition) is 9. The third-order valence-corrected chi connectivity index (χ3v) is 5.73. The van der Waals surface area contributed by atoms with Crippen LogP contribution in [-0.4, -0.2) is 52.6 Å². The summed E-state index contributed by atoms with van der Waals surface area (Å²) >= 11 is 0. The van der Waals surface area contributed by atoms with E-state index in [4.69, 9.17) is 4.84 Å². The Morgan fingerprint density at radius 1 is 0.919 bits per heavy atom. The fraction of sp³-hybridized carbons (Fsp3) is 0.560. The van der Waals surface area contributed by atoms with E-state index in [-0.39, 0.29) is 43.2 Å². The topological polar surface area (TPSA) is 165 Å². The molecule has 1 saturated heterocycles. The number of non-ortho nitro benzene ring substituents is 1. The molecule has 37 heavy (non-hydrogen) atoms. The number of carbonyl (C=O) groups excluding carboxylic acids is 5. The van der Waals surface area contributed by atoms with Crippen molar-refractivity contribution in [1.82, 2.24) is 10.4 Å². The summed E-state index contributed by atoms with van der Waals surface area (Å²) in [5.74, 6) is -1.63. The number of imide groups is 1. The van der Waals surface area contributed by atoms with E-state index in [9.17, 15) is 34.1 Å². The van der Waals surface area contributed by atoms with Crippen molar-refractivity contribution in [1.29, 1.82) is 0 Å². The zero-order valence-corrected chi connectivity index (χ0v) is 20.9. The first kappa shape index (κ1) is 29.4. The van der Waals surface area contributed by atoms with E-state index in [1.807, 2.05) is 0 Å². The van der Waals surface area contributed by atoms with Gasteiger partial charge in [-0.15, -0.1) is 5.06 Å². The number of unbranched alkanes of at least 4 members (excludes halogenated alkanes) is 5. The molecular formula is C25H34N4O8. The van der Waals surface area contributed by atoms with Crippen molar-refractivity contribution in [3.63, 3.8) is 0 Å². The molecule has 0 radical (unpaired) electrons. The lowest BCUT2D eigenvalue weighted by Crippen LogP contribution is -2.31. The van der Waals surface area contributed by atoms with Crippen molar-refractivity contribution >= 4 is 40.8 Å². The monoisotopic (exact) mass is 518 g/mol. The van der Waals surface area contributed by atoms with Crippen LogP contribution in [0, 0.1) is 10.1 Å². The summed E-state index contributed by atoms with van der Waals surface area (Å²) < 4.78 is 0. The first-order chi connectivity index (χ1) is 17.8. The van der Waals surface area contributed by atoms with Crippen molar-refractivity contribution in [2.75, 3.05) is 18.4 Å². The number of ketones is 1. The second-order valence-corrected chi connectivity index (χ2v) is 8.82. The number of hydrogen-bond donors (Lipinski definition) is 2. The fourth-order valence-corrected chi connectivity index (χ4v) is 3.67. The summed E-state index contributed by atoms with van der Waals surface area (Å²) in [6, 6.07) is 6.01. The zero-order chi connectivity index (χ0) is 27.0. The van der Waals surface area contributed by atoms with Gasteiger partial charge in [-0.05, 0) is 31.7 Å². The average molecular weight is 519 g/mol. The second-order valence-electron chi connectivity index (χ2n) is 8.82. The standard InChI is InChI=1S/C25H34N4O8/c30-21(18-27-19-9-8-10-20(17-19)29(35)36)11-4-1-2-5-12-22(31)26-16-7-3-6-13-25(34)37-28-23(32)14-15-24(28)33/h8-10,17,27H,1-7,11-16,18H2,(H,26,31). The number of carbonyl (C=O) groups is 5. The summed E-state index contributed by atoms with van der Waals surface area (Å²) in [6.45, 7) is 0.617. The molecule has 0 aromatic heterocycles. The maximum absolute atomic E-state index is 12.0. The van der Waals surface area contributed by atoms with Crippen molar-refractivity contribution in [2.24, 2.45) is 0 Å². The van der Waals surface area contributed by atoms with Crippen LogP contribution >= 0.6 is 0 Å². The Morgan fingerprint density at radius 3 is 2.27 bits per heavy atom. The van der Waals surface area contributed by atoms with E-state index in [0.717, 1.165) is 25.7 Å². The lowest BCUT2D eigenvalue weighted by atomic mass is 10.1. The Balaban J connectivity index is 1.40. The van der Waals surface area contributed by atoms with Gasteiger partial charge in [-0.25, -0.2) is 4.79 Å². The molecule has 0 bridgehead atoms. The Labute approximate surface area is 215 Å². The van der Waals surface area contributed by atoms with E-state index >= 15 is 0 Å². The summed E-state index contributed by atoms with van der Waals surface area (Å²) in [6.07, 6.45) is 6.09. The van der Waals surface area contributed by atoms with Gasteiger partial charge in [0.1, 0.15) is 0 Å². The molecule has 2 N–H and O–H groups in total. The van der Waals surface area contributed by atoms with E-state index in [1.165, 1.54) is 12.1 Å². The number of nitro groups is 1. The molecule has 1 aliphatic rings. The summed E-state index contributed by atoms with van der Waals surface area (Å²) in [4.78, 5) is 73.5. The first-order valence-electron chi connectivity index (χ1n) is 12.6. The second kappa shape index (κ2) is 16.0. The predicted octanol–water partition coefficient (Wildman–Crippen LogP) is 3.20. The minimum atomic E-state index is -0.618. The Kier molecular flexibility index (Phi) is 12.7. The number of amides is 3. The number of nitrogens with one attached hydrogen (secondary N) is 2. The van der Waals surface area contributed by atoms with Crippen LogP contribution in [0.2, 0.25) is 0 Å². The van der Waals surface area contributed by atoms with Gasteiger partial charge in [-0.2, -0.15) is 0 Å². The van der Waals surface area contributed by atoms with Crippen LogP contribution in [0.4, 0.5) is 11.4 Å². The van der Waals surface area contributed by atoms with Gasteiger partial charge in [0, 0.05) is 56.5 Å². The van der Waals surface area contributed by atoms with Crippen LogP contribution in [-0.2, 0) is 28.8 Å². The number of hydroxylamine groups is 2. The maximum Gasteiger partial charge on any atom is 0.333 e. The molecule has 3 amide bonds. The molecule has 1 fully saturated rings. The highest BCUT2D eigenvalue weighted by Crippen LogP contribution is 2.17. The van der Waals surface area contributed by atoms with Crippen molar-refractivity contribution in [2.45, 2.75) is 77.0 Å². The van der Waals surface area contributed by atoms with Crippen molar-refractivity contribution < 1.29 is 33.7 Å². The molecule has 202 valence electrons. The van der Waals surface area contributed by atoms with Gasteiger partial charge in [-0.3, -0.25) is 29.3 Å². The van der Waals surface area contributed by atoms with Gasteiger partial charge in [0.05, 0.1) is 11.5 Å². The molecule has 12 heteroatoms. The number of Topliss-reactive ketones (excluding diaryl/α,β-unsaturated/α-hetero) is 1. The highest BCUT2D eigenvalue weighted by Gasteiger charge is 2.32. The minimum Gasteiger partial charge on any atom is -0.378 e. The van der Waals surface area contributed by atoms with Crippen molar-refractivity contribution in [3.8, 4) is 0 Å². The number of rotatable bonds is 18. The van der Waals surface area contributed by atoms with Crippen LogP contribution < -0.4 is 10.6 Å². The van der Waals surface area contributed by atoms with Crippen LogP contribution in [0.15, 0.2) is 24.3 Å².